The van der Waals surface area contributed by atoms with Crippen LogP contribution in [0.2, 0.25) is 0 Å². The Hall–Kier alpha value is -2.16. The zero-order chi connectivity index (χ0) is 18.8. The number of hydrogen-bond acceptors (Lipinski definition) is 1. The lowest BCUT2D eigenvalue weighted by Gasteiger charge is -2.07. The van der Waals surface area contributed by atoms with Crippen LogP contribution in [0.3, 0.4) is 0 Å². The molecule has 2 nitrogen and oxygen atoms in total. The molecule has 3 heteroatoms. The second-order valence-corrected chi connectivity index (χ2v) is 6.92. The molecule has 0 unspecified atom stereocenters. The Bertz CT molecular complexity index is 692. The number of carboxylic acid groups (broad SMARTS) is 1. The molecule has 0 spiro atoms. The molecular weight excluding hydrogens is 327 g/mol. The van der Waals surface area contributed by atoms with Gasteiger partial charge in [-0.3, -0.25) is 0 Å². The van der Waals surface area contributed by atoms with Crippen LogP contribution in [-0.4, -0.2) is 11.1 Å². The van der Waals surface area contributed by atoms with Crippen LogP contribution in [0.25, 0.3) is 11.1 Å². The maximum Gasteiger partial charge on any atom is 0.335 e. The fourth-order valence-electron chi connectivity index (χ4n) is 3.20. The largest absolute Gasteiger partial charge is 0.478 e. The molecule has 2 aromatic carbocycles. The van der Waals surface area contributed by atoms with Gasteiger partial charge in [-0.05, 0) is 36.1 Å². The molecule has 0 bridgehead atoms. The van der Waals surface area contributed by atoms with Crippen LogP contribution < -0.4 is 0 Å². The van der Waals surface area contributed by atoms with Crippen molar-refractivity contribution in [2.75, 3.05) is 0 Å². The first-order chi connectivity index (χ1) is 12.6. The van der Waals surface area contributed by atoms with E-state index in [-0.39, 0.29) is 5.56 Å². The highest BCUT2D eigenvalue weighted by molar-refractivity contribution is 5.88. The highest BCUT2D eigenvalue weighted by Gasteiger charge is 2.09. The second kappa shape index (κ2) is 10.7. The first-order valence-corrected chi connectivity index (χ1v) is 9.74. The summed E-state index contributed by atoms with van der Waals surface area (Å²) in [5.41, 5.74) is 2.45. The van der Waals surface area contributed by atoms with E-state index in [2.05, 4.69) is 6.92 Å². The van der Waals surface area contributed by atoms with Gasteiger partial charge in [0, 0.05) is 5.56 Å². The van der Waals surface area contributed by atoms with Crippen LogP contribution in [0.5, 0.6) is 0 Å². The van der Waals surface area contributed by atoms with Gasteiger partial charge in [-0.2, -0.15) is 0 Å². The van der Waals surface area contributed by atoms with Gasteiger partial charge in [0.1, 0.15) is 5.82 Å². The molecule has 0 saturated heterocycles. The molecule has 2 aromatic rings. The molecule has 26 heavy (non-hydrogen) atoms. The maximum absolute atomic E-state index is 14.1. The molecule has 0 heterocycles. The summed E-state index contributed by atoms with van der Waals surface area (Å²) in [5, 5.41) is 8.91. The zero-order valence-electron chi connectivity index (χ0n) is 15.6. The van der Waals surface area contributed by atoms with Gasteiger partial charge in [-0.25, -0.2) is 9.18 Å². The molecule has 0 amide bonds. The lowest BCUT2D eigenvalue weighted by atomic mass is 9.99. The fraction of sp³-hybridized carbons (Fsp3) is 0.435. The van der Waals surface area contributed by atoms with Crippen LogP contribution in [0.1, 0.15) is 74.2 Å². The van der Waals surface area contributed by atoms with Gasteiger partial charge in [-0.15, -0.1) is 0 Å². The van der Waals surface area contributed by atoms with Crippen LogP contribution in [-0.2, 0) is 6.42 Å². The summed E-state index contributed by atoms with van der Waals surface area (Å²) in [6.07, 6.45) is 11.5. The predicted molar refractivity (Wildman–Crippen MR) is 105 cm³/mol. The fourth-order valence-corrected chi connectivity index (χ4v) is 3.20. The minimum Gasteiger partial charge on any atom is -0.478 e. The lowest BCUT2D eigenvalue weighted by Crippen LogP contribution is -1.97. The third-order valence-corrected chi connectivity index (χ3v) is 4.80. The van der Waals surface area contributed by atoms with Gasteiger partial charge in [0.05, 0.1) is 5.56 Å². The molecule has 0 aliphatic heterocycles. The van der Waals surface area contributed by atoms with E-state index in [0.29, 0.717) is 5.56 Å². The third kappa shape index (κ3) is 6.29. The van der Waals surface area contributed by atoms with Crippen molar-refractivity contribution in [1.82, 2.24) is 0 Å². The van der Waals surface area contributed by atoms with E-state index >= 15 is 0 Å². The monoisotopic (exact) mass is 356 g/mol. The molecule has 2 rings (SSSR count). The first kappa shape index (κ1) is 20.2. The first-order valence-electron chi connectivity index (χ1n) is 9.74. The number of aryl methyl sites for hydroxylation is 1. The minimum absolute atomic E-state index is 0.0300. The quantitative estimate of drug-likeness (QED) is 0.446. The normalized spacial score (nSPS) is 10.8. The topological polar surface area (TPSA) is 37.3 Å². The van der Waals surface area contributed by atoms with Crippen LogP contribution in [0.4, 0.5) is 4.39 Å². The summed E-state index contributed by atoms with van der Waals surface area (Å²) in [7, 11) is 0. The molecule has 0 radical (unpaired) electrons. The number of carboxylic acids is 1. The van der Waals surface area contributed by atoms with Crippen molar-refractivity contribution in [3.05, 3.63) is 59.4 Å². The Morgan fingerprint density at radius 3 is 2.08 bits per heavy atom. The van der Waals surface area contributed by atoms with Crippen molar-refractivity contribution in [2.45, 2.75) is 64.7 Å². The zero-order valence-corrected chi connectivity index (χ0v) is 15.6. The van der Waals surface area contributed by atoms with Crippen molar-refractivity contribution >= 4 is 5.97 Å². The Morgan fingerprint density at radius 1 is 0.885 bits per heavy atom. The number of unbranched alkanes of at least 4 members (excludes halogenated alkanes) is 7. The number of carbonyl (C=O) groups is 1. The Morgan fingerprint density at radius 2 is 1.50 bits per heavy atom. The standard InChI is InChI=1S/C23H29FO2/c1-2-3-4-5-6-7-8-9-10-18-11-13-19(14-12-18)21-16-15-20(23(25)26)17-22(21)24/h11-17H,2-10H2,1H3,(H,25,26). The SMILES string of the molecule is CCCCCCCCCCc1ccc(-c2ccc(C(=O)O)cc2F)cc1. The van der Waals surface area contributed by atoms with E-state index in [0.717, 1.165) is 18.1 Å². The molecule has 0 aliphatic carbocycles. The lowest BCUT2D eigenvalue weighted by molar-refractivity contribution is 0.0696. The smallest absolute Gasteiger partial charge is 0.335 e. The van der Waals surface area contributed by atoms with Gasteiger partial charge < -0.3 is 5.11 Å². The predicted octanol–water partition coefficient (Wildman–Crippen LogP) is 6.87. The summed E-state index contributed by atoms with van der Waals surface area (Å²) in [4.78, 5) is 10.9. The Kier molecular flexibility index (Phi) is 8.33. The van der Waals surface area contributed by atoms with E-state index in [1.807, 2.05) is 24.3 Å². The second-order valence-electron chi connectivity index (χ2n) is 6.92. The van der Waals surface area contributed by atoms with Crippen molar-refractivity contribution in [3.8, 4) is 11.1 Å². The van der Waals surface area contributed by atoms with E-state index in [9.17, 15) is 9.18 Å². The van der Waals surface area contributed by atoms with Crippen LogP contribution in [0, 0.1) is 5.82 Å². The summed E-state index contributed by atoms with van der Waals surface area (Å²) < 4.78 is 14.1. The number of halogens is 1. The van der Waals surface area contributed by atoms with Gasteiger partial charge in [-0.1, -0.05) is 82.2 Å². The van der Waals surface area contributed by atoms with Crippen molar-refractivity contribution in [2.24, 2.45) is 0 Å². The summed E-state index contributed by atoms with van der Waals surface area (Å²) in [5.74, 6) is -1.61. The van der Waals surface area contributed by atoms with Gasteiger partial charge in [0.15, 0.2) is 0 Å². The van der Waals surface area contributed by atoms with E-state index in [1.54, 1.807) is 0 Å². The highest BCUT2D eigenvalue weighted by Crippen LogP contribution is 2.24. The van der Waals surface area contributed by atoms with Crippen molar-refractivity contribution < 1.29 is 14.3 Å². The number of benzene rings is 2. The summed E-state index contributed by atoms with van der Waals surface area (Å²) in [6, 6.07) is 12.0. The molecule has 0 fully saturated rings. The molecular formula is C23H29FO2. The maximum atomic E-state index is 14.1. The third-order valence-electron chi connectivity index (χ3n) is 4.80. The van der Waals surface area contributed by atoms with Crippen molar-refractivity contribution in [1.29, 1.82) is 0 Å². The van der Waals surface area contributed by atoms with Gasteiger partial charge in [0.2, 0.25) is 0 Å². The summed E-state index contributed by atoms with van der Waals surface area (Å²) in [6.45, 7) is 2.24. The van der Waals surface area contributed by atoms with Crippen molar-refractivity contribution in [3.63, 3.8) is 0 Å². The molecule has 0 aliphatic rings. The Balaban J connectivity index is 1.80. The number of aromatic carboxylic acids is 1. The molecule has 0 aromatic heterocycles. The highest BCUT2D eigenvalue weighted by atomic mass is 19.1. The number of hydrogen-bond donors (Lipinski definition) is 1. The van der Waals surface area contributed by atoms with E-state index < -0.39 is 11.8 Å². The van der Waals surface area contributed by atoms with Gasteiger partial charge >= 0.3 is 5.97 Å². The average Bonchev–Trinajstić information content (AvgIpc) is 2.64. The van der Waals surface area contributed by atoms with E-state index in [4.69, 9.17) is 5.11 Å². The van der Waals surface area contributed by atoms with Crippen LogP contribution in [0.15, 0.2) is 42.5 Å². The number of rotatable bonds is 11. The molecule has 1 N–H and O–H groups in total. The minimum atomic E-state index is -1.11. The molecule has 140 valence electrons. The summed E-state index contributed by atoms with van der Waals surface area (Å²) >= 11 is 0. The van der Waals surface area contributed by atoms with Gasteiger partial charge in [0.25, 0.3) is 0 Å². The molecule has 0 atom stereocenters. The van der Waals surface area contributed by atoms with Crippen LogP contribution >= 0.6 is 0 Å². The Labute approximate surface area is 156 Å². The molecule has 0 saturated carbocycles. The van der Waals surface area contributed by atoms with E-state index in [1.165, 1.54) is 69.1 Å². The average molecular weight is 356 g/mol.